The van der Waals surface area contributed by atoms with Gasteiger partial charge in [0.2, 0.25) is 0 Å². The van der Waals surface area contributed by atoms with Crippen molar-refractivity contribution >= 4 is 48.9 Å². The van der Waals surface area contributed by atoms with Gasteiger partial charge in [0.1, 0.15) is 18.4 Å². The number of halogens is 1. The molecule has 8 nitrogen and oxygen atoms in total. The Morgan fingerprint density at radius 3 is 2.15 bits per heavy atom. The normalized spacial score (nSPS) is 13.1. The van der Waals surface area contributed by atoms with Gasteiger partial charge < -0.3 is 24.6 Å². The van der Waals surface area contributed by atoms with Gasteiger partial charge in [-0.2, -0.15) is 0 Å². The molecule has 1 atom stereocenters. The van der Waals surface area contributed by atoms with Crippen LogP contribution in [-0.4, -0.2) is 50.7 Å². The molecule has 1 aliphatic carbocycles. The van der Waals surface area contributed by atoms with E-state index in [4.69, 9.17) is 14.2 Å². The van der Waals surface area contributed by atoms with Crippen LogP contribution in [0.25, 0.3) is 11.1 Å². The van der Waals surface area contributed by atoms with Crippen LogP contribution < -0.4 is 10.1 Å². The summed E-state index contributed by atoms with van der Waals surface area (Å²) >= 11 is 2.01. The summed E-state index contributed by atoms with van der Waals surface area (Å²) in [6.07, 6.45) is -1.55. The third-order valence-electron chi connectivity index (χ3n) is 6.64. The molecule has 3 aromatic carbocycles. The lowest BCUT2D eigenvalue weighted by atomic mass is 9.98. The molecular formula is C30H32INO7Si. The number of hydrogen-bond donors (Lipinski definition) is 2. The van der Waals surface area contributed by atoms with Crippen LogP contribution in [0.5, 0.6) is 5.75 Å². The summed E-state index contributed by atoms with van der Waals surface area (Å²) in [5.41, 5.74) is 5.01. The monoisotopic (exact) mass is 673 g/mol. The third kappa shape index (κ3) is 7.63. The minimum atomic E-state index is -1.33. The van der Waals surface area contributed by atoms with Crippen LogP contribution in [0.1, 0.15) is 22.6 Å². The summed E-state index contributed by atoms with van der Waals surface area (Å²) in [5, 5.41) is 12.2. The number of hydrogen-bond acceptors (Lipinski definition) is 6. The summed E-state index contributed by atoms with van der Waals surface area (Å²) < 4.78 is 16.6. The van der Waals surface area contributed by atoms with E-state index in [-0.39, 0.29) is 18.9 Å². The number of carbonyl (C=O) groups is 3. The summed E-state index contributed by atoms with van der Waals surface area (Å²) in [5.74, 6) is -0.994. The van der Waals surface area contributed by atoms with Crippen molar-refractivity contribution in [3.63, 3.8) is 0 Å². The molecule has 2 N–H and O–H groups in total. The quantitative estimate of drug-likeness (QED) is 0.107. The van der Waals surface area contributed by atoms with E-state index in [9.17, 15) is 19.5 Å². The lowest BCUT2D eigenvalue weighted by molar-refractivity contribution is -0.139. The Bertz CT molecular complexity index is 1360. The van der Waals surface area contributed by atoms with E-state index in [0.29, 0.717) is 21.5 Å². The summed E-state index contributed by atoms with van der Waals surface area (Å²) in [6, 6.07) is 20.6. The van der Waals surface area contributed by atoms with Crippen molar-refractivity contribution < 1.29 is 33.7 Å². The number of carboxylic acid groups (broad SMARTS) is 1. The van der Waals surface area contributed by atoms with Crippen molar-refractivity contribution in [2.24, 2.45) is 0 Å². The molecule has 0 aromatic heterocycles. The highest BCUT2D eigenvalue weighted by Gasteiger charge is 2.30. The molecule has 0 fully saturated rings. The van der Waals surface area contributed by atoms with Gasteiger partial charge in [-0.25, -0.2) is 14.4 Å². The number of carbonyl (C=O) groups excluding carboxylic acids is 2. The van der Waals surface area contributed by atoms with E-state index in [2.05, 4.69) is 25.0 Å². The summed E-state index contributed by atoms with van der Waals surface area (Å²) in [6.45, 7) is 6.97. The maximum Gasteiger partial charge on any atom is 0.513 e. The average Bonchev–Trinajstić information content (AvgIpc) is 3.21. The molecule has 0 radical (unpaired) electrons. The second-order valence-electron chi connectivity index (χ2n) is 10.8. The van der Waals surface area contributed by atoms with Gasteiger partial charge in [-0.3, -0.25) is 0 Å². The molecule has 1 aliphatic rings. The van der Waals surface area contributed by atoms with Crippen molar-refractivity contribution in [1.29, 1.82) is 0 Å². The van der Waals surface area contributed by atoms with E-state index < -0.39 is 32.3 Å². The molecule has 1 amide bonds. The number of ether oxygens (including phenoxy) is 3. The second-order valence-corrected chi connectivity index (χ2v) is 17.6. The fraction of sp³-hybridized carbons (Fsp3) is 0.300. The zero-order valence-corrected chi connectivity index (χ0v) is 25.8. The molecule has 0 saturated carbocycles. The van der Waals surface area contributed by atoms with E-state index in [1.54, 1.807) is 18.2 Å². The highest BCUT2D eigenvalue weighted by atomic mass is 127. The summed E-state index contributed by atoms with van der Waals surface area (Å²) in [7, 11) is -1.33. The Balaban J connectivity index is 1.33. The van der Waals surface area contributed by atoms with Crippen LogP contribution in [0.15, 0.2) is 66.7 Å². The first kappa shape index (κ1) is 29.6. The maximum absolute atomic E-state index is 12.7. The Kier molecular flexibility index (Phi) is 9.51. The van der Waals surface area contributed by atoms with E-state index in [1.165, 1.54) is 0 Å². The van der Waals surface area contributed by atoms with Gasteiger partial charge in [-0.15, -0.1) is 0 Å². The van der Waals surface area contributed by atoms with Crippen molar-refractivity contribution in [1.82, 2.24) is 5.32 Å². The molecule has 0 heterocycles. The van der Waals surface area contributed by atoms with Crippen LogP contribution in [0.4, 0.5) is 9.59 Å². The maximum atomic E-state index is 12.7. The molecule has 10 heteroatoms. The van der Waals surface area contributed by atoms with E-state index >= 15 is 0 Å². The first-order chi connectivity index (χ1) is 19.0. The van der Waals surface area contributed by atoms with Crippen molar-refractivity contribution in [3.8, 4) is 16.9 Å². The fourth-order valence-corrected chi connectivity index (χ4v) is 5.94. The van der Waals surface area contributed by atoms with Crippen LogP contribution >= 0.6 is 22.6 Å². The molecule has 210 valence electrons. The van der Waals surface area contributed by atoms with Crippen molar-refractivity contribution in [2.75, 3.05) is 13.2 Å². The molecule has 0 spiro atoms. The van der Waals surface area contributed by atoms with Crippen LogP contribution in [0.2, 0.25) is 25.7 Å². The predicted octanol–water partition coefficient (Wildman–Crippen LogP) is 6.68. The van der Waals surface area contributed by atoms with Crippen LogP contribution in [-0.2, 0) is 20.7 Å². The fourth-order valence-electron chi connectivity index (χ4n) is 4.53. The minimum Gasteiger partial charge on any atom is -0.480 e. The highest BCUT2D eigenvalue weighted by molar-refractivity contribution is 14.1. The van der Waals surface area contributed by atoms with Crippen LogP contribution in [0, 0.1) is 3.57 Å². The van der Waals surface area contributed by atoms with Gasteiger partial charge >= 0.3 is 18.2 Å². The zero-order valence-electron chi connectivity index (χ0n) is 22.6. The minimum absolute atomic E-state index is 0.0243. The molecule has 0 aliphatic heterocycles. The molecule has 4 rings (SSSR count). The lowest BCUT2D eigenvalue weighted by Crippen LogP contribution is -2.42. The molecule has 3 aromatic rings. The second kappa shape index (κ2) is 12.9. The first-order valence-electron chi connectivity index (χ1n) is 13.0. The predicted molar refractivity (Wildman–Crippen MR) is 163 cm³/mol. The molecule has 40 heavy (non-hydrogen) atoms. The van der Waals surface area contributed by atoms with Gasteiger partial charge in [0.05, 0.1) is 10.2 Å². The molecule has 0 bridgehead atoms. The number of fused-ring (bicyclic) bond motifs is 3. The van der Waals surface area contributed by atoms with Gasteiger partial charge in [-0.1, -0.05) is 74.2 Å². The number of carboxylic acids is 1. The van der Waals surface area contributed by atoms with Gasteiger partial charge in [0.15, 0.2) is 0 Å². The average molecular weight is 674 g/mol. The largest absolute Gasteiger partial charge is 0.513 e. The van der Waals surface area contributed by atoms with Gasteiger partial charge in [0, 0.05) is 20.4 Å². The van der Waals surface area contributed by atoms with E-state index in [0.717, 1.165) is 28.3 Å². The Labute approximate surface area is 248 Å². The number of aliphatic carboxylic acids is 1. The Hall–Kier alpha value is -3.38. The molecular weight excluding hydrogens is 641 g/mol. The Morgan fingerprint density at radius 1 is 0.950 bits per heavy atom. The van der Waals surface area contributed by atoms with Crippen molar-refractivity contribution in [2.45, 2.75) is 44.1 Å². The number of benzene rings is 3. The molecule has 1 unspecified atom stereocenters. The lowest BCUT2D eigenvalue weighted by Gasteiger charge is -2.18. The summed E-state index contributed by atoms with van der Waals surface area (Å²) in [4.78, 5) is 36.6. The van der Waals surface area contributed by atoms with Gasteiger partial charge in [-0.05, 0) is 68.6 Å². The smallest absolute Gasteiger partial charge is 0.480 e. The highest BCUT2D eigenvalue weighted by Crippen LogP contribution is 2.44. The van der Waals surface area contributed by atoms with Gasteiger partial charge in [0.25, 0.3) is 0 Å². The SMILES string of the molecule is C[Si](C)(C)CCOC(=O)Oc1ccc(CC(NC(=O)OCC2c3ccccc3-c3ccccc32)C(=O)O)cc1I. The third-order valence-corrected chi connectivity index (χ3v) is 9.18. The zero-order chi connectivity index (χ0) is 28.9. The topological polar surface area (TPSA) is 111 Å². The number of nitrogens with one attached hydrogen (secondary N) is 1. The number of alkyl carbamates (subject to hydrolysis) is 1. The van der Waals surface area contributed by atoms with Crippen molar-refractivity contribution in [3.05, 3.63) is 87.0 Å². The number of rotatable bonds is 10. The van der Waals surface area contributed by atoms with Crippen LogP contribution in [0.3, 0.4) is 0 Å². The standard InChI is InChI=1S/C30H32INO7Si/c1-40(2,3)15-14-37-30(36)39-27-13-12-19(16-25(27)31)17-26(28(33)34)32-29(35)38-18-24-22-10-6-4-8-20(22)21-9-5-7-11-23(21)24/h4-13,16,24,26H,14-15,17-18H2,1-3H3,(H,32,35)(H,33,34). The number of amides is 1. The molecule has 0 saturated heterocycles. The van der Waals surface area contributed by atoms with E-state index in [1.807, 2.05) is 71.1 Å². The Morgan fingerprint density at radius 2 is 1.57 bits per heavy atom. The first-order valence-corrected chi connectivity index (χ1v) is 17.8.